The molecule has 1 fully saturated rings. The second kappa shape index (κ2) is 7.21. The van der Waals surface area contributed by atoms with Crippen LogP contribution in [0.15, 0.2) is 18.2 Å². The Bertz CT molecular complexity index is 595. The van der Waals surface area contributed by atoms with Crippen molar-refractivity contribution >= 4 is 38.5 Å². The number of hydrogen-bond donors (Lipinski definition) is 2. The number of rotatable bonds is 5. The lowest BCUT2D eigenvalue weighted by Gasteiger charge is -2.32. The number of hydrogen-bond acceptors (Lipinski definition) is 3. The number of piperidine rings is 1. The van der Waals surface area contributed by atoms with E-state index in [2.05, 4.69) is 10.0 Å². The van der Waals surface area contributed by atoms with Crippen molar-refractivity contribution in [2.45, 2.75) is 12.8 Å². The highest BCUT2D eigenvalue weighted by atomic mass is 127. The molecule has 2 N–H and O–H groups in total. The molecule has 2 rings (SSSR count). The molecule has 8 heteroatoms. The fourth-order valence-electron chi connectivity index (χ4n) is 2.48. The van der Waals surface area contributed by atoms with E-state index in [1.54, 1.807) is 0 Å². The Balaban J connectivity index is 2.10. The molecule has 1 aliphatic heterocycles. The summed E-state index contributed by atoms with van der Waals surface area (Å²) in [5, 5.41) is 3.09. The van der Waals surface area contributed by atoms with Crippen LogP contribution < -0.4 is 10.0 Å². The van der Waals surface area contributed by atoms with Crippen molar-refractivity contribution in [3.05, 3.63) is 27.6 Å². The first-order valence-corrected chi connectivity index (χ1v) is 9.32. The number of benzene rings is 1. The molecular weight excluding hydrogens is 408 g/mol. The Labute approximate surface area is 138 Å². The summed E-state index contributed by atoms with van der Waals surface area (Å²) in [5.41, 5.74) is 0.410. The number of nitrogens with one attached hydrogen (secondary N) is 2. The van der Waals surface area contributed by atoms with Crippen molar-refractivity contribution in [2.75, 3.05) is 31.4 Å². The third kappa shape index (κ3) is 4.51. The lowest BCUT2D eigenvalue weighted by atomic mass is 10.00. The monoisotopic (exact) mass is 427 g/mol. The first kappa shape index (κ1) is 16.9. The summed E-state index contributed by atoms with van der Waals surface area (Å²) in [6, 6.07) is 4.00. The van der Waals surface area contributed by atoms with Gasteiger partial charge in [-0.05, 0) is 73.1 Å². The zero-order valence-electron chi connectivity index (χ0n) is 11.8. The molecule has 1 heterocycles. The maximum Gasteiger partial charge on any atom is 0.301 e. The van der Waals surface area contributed by atoms with E-state index in [1.165, 1.54) is 22.5 Å². The SMILES string of the molecule is CNCC1CCCN(S(=O)(=O)Nc2ccc(F)cc2I)C1. The van der Waals surface area contributed by atoms with Crippen LogP contribution in [-0.2, 0) is 10.2 Å². The van der Waals surface area contributed by atoms with Gasteiger partial charge in [-0.2, -0.15) is 12.7 Å². The lowest BCUT2D eigenvalue weighted by Crippen LogP contribution is -2.44. The minimum Gasteiger partial charge on any atom is -0.319 e. The molecule has 1 unspecified atom stereocenters. The lowest BCUT2D eigenvalue weighted by molar-refractivity contribution is 0.264. The van der Waals surface area contributed by atoms with Gasteiger partial charge in [-0.25, -0.2) is 4.39 Å². The zero-order chi connectivity index (χ0) is 15.5. The molecule has 0 aliphatic carbocycles. The topological polar surface area (TPSA) is 61.4 Å². The third-order valence-corrected chi connectivity index (χ3v) is 5.87. The average Bonchev–Trinajstić information content (AvgIpc) is 2.43. The fourth-order valence-corrected chi connectivity index (χ4v) is 4.63. The minimum absolute atomic E-state index is 0.326. The fraction of sp³-hybridized carbons (Fsp3) is 0.538. The van der Waals surface area contributed by atoms with Gasteiger partial charge in [0.2, 0.25) is 0 Å². The zero-order valence-corrected chi connectivity index (χ0v) is 14.7. The number of anilines is 1. The largest absolute Gasteiger partial charge is 0.319 e. The van der Waals surface area contributed by atoms with Gasteiger partial charge in [0.25, 0.3) is 0 Å². The van der Waals surface area contributed by atoms with Crippen molar-refractivity contribution in [3.63, 3.8) is 0 Å². The standard InChI is InChI=1S/C13H19FIN3O2S/c1-16-8-10-3-2-6-18(9-10)21(19,20)17-13-5-4-11(14)7-12(13)15/h4-5,7,10,16-17H,2-3,6,8-9H2,1H3. The predicted molar refractivity (Wildman–Crippen MR) is 89.9 cm³/mol. The normalized spacial score (nSPS) is 20.4. The molecule has 0 bridgehead atoms. The minimum atomic E-state index is -3.59. The molecule has 1 atom stereocenters. The molecule has 1 aromatic rings. The van der Waals surface area contributed by atoms with Crippen molar-refractivity contribution in [3.8, 4) is 0 Å². The second-order valence-electron chi connectivity index (χ2n) is 5.16. The highest BCUT2D eigenvalue weighted by molar-refractivity contribution is 14.1. The molecule has 0 saturated carbocycles. The van der Waals surface area contributed by atoms with E-state index in [1.807, 2.05) is 29.6 Å². The third-order valence-electron chi connectivity index (χ3n) is 3.48. The summed E-state index contributed by atoms with van der Waals surface area (Å²) < 4.78 is 42.5. The van der Waals surface area contributed by atoms with Crippen molar-refractivity contribution in [1.82, 2.24) is 9.62 Å². The van der Waals surface area contributed by atoms with Gasteiger partial charge in [0.15, 0.2) is 0 Å². The van der Waals surface area contributed by atoms with E-state index in [0.717, 1.165) is 19.4 Å². The van der Waals surface area contributed by atoms with Gasteiger partial charge >= 0.3 is 10.2 Å². The molecule has 0 aromatic heterocycles. The number of nitrogens with zero attached hydrogens (tertiary/aromatic N) is 1. The van der Waals surface area contributed by atoms with E-state index < -0.39 is 10.2 Å². The summed E-state index contributed by atoms with van der Waals surface area (Å²) in [5.74, 6) is -0.0537. The molecule has 5 nitrogen and oxygen atoms in total. The van der Waals surface area contributed by atoms with Gasteiger partial charge in [0, 0.05) is 16.7 Å². The maximum absolute atomic E-state index is 13.1. The summed E-state index contributed by atoms with van der Waals surface area (Å²) >= 11 is 1.92. The molecule has 118 valence electrons. The van der Waals surface area contributed by atoms with Crippen LogP contribution >= 0.6 is 22.6 Å². The summed E-state index contributed by atoms with van der Waals surface area (Å²) in [6.07, 6.45) is 1.88. The van der Waals surface area contributed by atoms with Crippen molar-refractivity contribution < 1.29 is 12.8 Å². The van der Waals surface area contributed by atoms with E-state index in [0.29, 0.717) is 28.3 Å². The van der Waals surface area contributed by atoms with E-state index in [-0.39, 0.29) is 5.82 Å². The summed E-state index contributed by atoms with van der Waals surface area (Å²) in [7, 11) is -1.73. The molecular formula is C13H19FIN3O2S. The number of halogens is 2. The van der Waals surface area contributed by atoms with E-state index in [9.17, 15) is 12.8 Å². The van der Waals surface area contributed by atoms with Crippen molar-refractivity contribution in [1.29, 1.82) is 0 Å². The highest BCUT2D eigenvalue weighted by Crippen LogP contribution is 2.23. The summed E-state index contributed by atoms with van der Waals surface area (Å²) in [4.78, 5) is 0. The van der Waals surface area contributed by atoms with Gasteiger partial charge in [-0.3, -0.25) is 4.72 Å². The van der Waals surface area contributed by atoms with Gasteiger partial charge in [-0.15, -0.1) is 0 Å². The second-order valence-corrected chi connectivity index (χ2v) is 7.99. The molecule has 0 spiro atoms. The first-order valence-electron chi connectivity index (χ1n) is 6.80. The molecule has 0 radical (unpaired) electrons. The average molecular weight is 427 g/mol. The Morgan fingerprint density at radius 1 is 1.48 bits per heavy atom. The Morgan fingerprint density at radius 2 is 2.24 bits per heavy atom. The van der Waals surface area contributed by atoms with Crippen LogP contribution in [-0.4, -0.2) is 39.4 Å². The van der Waals surface area contributed by atoms with Crippen LogP contribution in [0.4, 0.5) is 10.1 Å². The first-order chi connectivity index (χ1) is 9.92. The van der Waals surface area contributed by atoms with Crippen LogP contribution in [0.5, 0.6) is 0 Å². The van der Waals surface area contributed by atoms with Gasteiger partial charge in [0.1, 0.15) is 5.82 Å². The van der Waals surface area contributed by atoms with Crippen LogP contribution in [0.3, 0.4) is 0 Å². The molecule has 1 aliphatic rings. The van der Waals surface area contributed by atoms with E-state index >= 15 is 0 Å². The Kier molecular flexibility index (Phi) is 5.81. The van der Waals surface area contributed by atoms with Gasteiger partial charge in [-0.1, -0.05) is 0 Å². The predicted octanol–water partition coefficient (Wildman–Crippen LogP) is 2.02. The van der Waals surface area contributed by atoms with Crippen LogP contribution in [0.25, 0.3) is 0 Å². The molecule has 21 heavy (non-hydrogen) atoms. The Morgan fingerprint density at radius 3 is 2.90 bits per heavy atom. The van der Waals surface area contributed by atoms with Crippen LogP contribution in [0.2, 0.25) is 0 Å². The molecule has 1 aromatic carbocycles. The van der Waals surface area contributed by atoms with Gasteiger partial charge in [0.05, 0.1) is 5.69 Å². The smallest absolute Gasteiger partial charge is 0.301 e. The van der Waals surface area contributed by atoms with Crippen LogP contribution in [0, 0.1) is 15.3 Å². The van der Waals surface area contributed by atoms with Crippen LogP contribution in [0.1, 0.15) is 12.8 Å². The van der Waals surface area contributed by atoms with E-state index in [4.69, 9.17) is 0 Å². The van der Waals surface area contributed by atoms with Gasteiger partial charge < -0.3 is 5.32 Å². The molecule has 0 amide bonds. The molecule has 1 saturated heterocycles. The quantitative estimate of drug-likeness (QED) is 0.708. The van der Waals surface area contributed by atoms with Crippen molar-refractivity contribution in [2.24, 2.45) is 5.92 Å². The summed E-state index contributed by atoms with van der Waals surface area (Å²) in [6.45, 7) is 1.83. The Hall–Kier alpha value is -0.450. The maximum atomic E-state index is 13.1. The highest BCUT2D eigenvalue weighted by Gasteiger charge is 2.28.